The molecule has 3 nitrogen and oxygen atoms in total. The molecule has 0 radical (unpaired) electrons. The van der Waals surface area contributed by atoms with Gasteiger partial charge >= 0.3 is 0 Å². The van der Waals surface area contributed by atoms with E-state index in [4.69, 9.17) is 17.5 Å². The summed E-state index contributed by atoms with van der Waals surface area (Å²) in [4.78, 5) is 14.9. The maximum absolute atomic E-state index is 12.8. The lowest BCUT2D eigenvalue weighted by atomic mass is 10.0. The summed E-state index contributed by atoms with van der Waals surface area (Å²) in [6.07, 6.45) is 1.81. The molecule has 1 saturated heterocycles. The van der Waals surface area contributed by atoms with Gasteiger partial charge in [-0.1, -0.05) is 62.1 Å². The minimum Gasteiger partial charge on any atom is -0.268 e. The van der Waals surface area contributed by atoms with Gasteiger partial charge in [0, 0.05) is 0 Å². The van der Waals surface area contributed by atoms with Gasteiger partial charge in [-0.15, -0.1) is 0 Å². The van der Waals surface area contributed by atoms with Crippen molar-refractivity contribution in [1.82, 2.24) is 0 Å². The van der Waals surface area contributed by atoms with Crippen molar-refractivity contribution in [2.75, 3.05) is 4.90 Å². The molecule has 1 aliphatic rings. The minimum absolute atomic E-state index is 0.114. The van der Waals surface area contributed by atoms with Crippen molar-refractivity contribution in [3.05, 3.63) is 70.1 Å². The second-order valence-corrected chi connectivity index (χ2v) is 7.67. The summed E-state index contributed by atoms with van der Waals surface area (Å²) in [5, 5.41) is 8.86. The van der Waals surface area contributed by atoms with Crippen molar-refractivity contribution in [2.24, 2.45) is 0 Å². The highest BCUT2D eigenvalue weighted by Crippen LogP contribution is 2.36. The number of thiocarbonyl (C=S) groups is 1. The van der Waals surface area contributed by atoms with Gasteiger partial charge in [-0.25, -0.2) is 0 Å². The zero-order valence-corrected chi connectivity index (χ0v) is 15.5. The molecule has 3 rings (SSSR count). The van der Waals surface area contributed by atoms with E-state index >= 15 is 0 Å². The van der Waals surface area contributed by atoms with E-state index in [1.54, 1.807) is 17.0 Å². The maximum atomic E-state index is 12.8. The molecule has 0 unspecified atom stereocenters. The Morgan fingerprint density at radius 2 is 1.76 bits per heavy atom. The van der Waals surface area contributed by atoms with E-state index < -0.39 is 0 Å². The van der Waals surface area contributed by atoms with Crippen molar-refractivity contribution >= 4 is 46.0 Å². The standard InChI is InChI=1S/C20H16N2OS2/c1-13(2)16-7-9-17(10-8-16)22-19(23)18(25-20(22)24)11-14-3-5-15(12-21)6-4-14/h3-11,13H,1-2H3/b18-11+. The van der Waals surface area contributed by atoms with Crippen molar-refractivity contribution in [1.29, 1.82) is 5.26 Å². The van der Waals surface area contributed by atoms with Crippen LogP contribution in [0.4, 0.5) is 5.69 Å². The van der Waals surface area contributed by atoms with Gasteiger partial charge in [0.15, 0.2) is 4.32 Å². The third-order valence-electron chi connectivity index (χ3n) is 3.95. The SMILES string of the molecule is CC(C)c1ccc(N2C(=O)/C(=C\c3ccc(C#N)cc3)SC2=S)cc1. The lowest BCUT2D eigenvalue weighted by Crippen LogP contribution is -2.27. The fourth-order valence-electron chi connectivity index (χ4n) is 2.50. The normalized spacial score (nSPS) is 15.9. The molecular weight excluding hydrogens is 348 g/mol. The molecule has 25 heavy (non-hydrogen) atoms. The van der Waals surface area contributed by atoms with E-state index in [-0.39, 0.29) is 5.91 Å². The molecule has 0 saturated carbocycles. The first kappa shape index (κ1) is 17.4. The Morgan fingerprint density at radius 3 is 2.32 bits per heavy atom. The molecule has 0 atom stereocenters. The summed E-state index contributed by atoms with van der Waals surface area (Å²) < 4.78 is 0.530. The van der Waals surface area contributed by atoms with Gasteiger partial charge in [-0.3, -0.25) is 9.69 Å². The summed E-state index contributed by atoms with van der Waals surface area (Å²) in [5.74, 6) is 0.327. The lowest BCUT2D eigenvalue weighted by molar-refractivity contribution is -0.113. The molecule has 1 heterocycles. The molecule has 0 aliphatic carbocycles. The van der Waals surface area contributed by atoms with Crippen LogP contribution in [-0.2, 0) is 4.79 Å². The van der Waals surface area contributed by atoms with E-state index in [1.807, 2.05) is 42.5 Å². The van der Waals surface area contributed by atoms with Crippen LogP contribution in [0.5, 0.6) is 0 Å². The van der Waals surface area contributed by atoms with E-state index in [1.165, 1.54) is 17.3 Å². The fraction of sp³-hybridized carbons (Fsp3) is 0.150. The van der Waals surface area contributed by atoms with Crippen LogP contribution in [0.2, 0.25) is 0 Å². The Morgan fingerprint density at radius 1 is 1.12 bits per heavy atom. The fourth-order valence-corrected chi connectivity index (χ4v) is 3.80. The predicted octanol–water partition coefficient (Wildman–Crippen LogP) is 5.09. The van der Waals surface area contributed by atoms with Crippen LogP contribution < -0.4 is 4.90 Å². The van der Waals surface area contributed by atoms with Gasteiger partial charge in [0.25, 0.3) is 5.91 Å². The molecule has 124 valence electrons. The first-order valence-electron chi connectivity index (χ1n) is 7.87. The van der Waals surface area contributed by atoms with Gasteiger partial charge in [0.2, 0.25) is 0 Å². The highest BCUT2D eigenvalue weighted by Gasteiger charge is 2.33. The number of thioether (sulfide) groups is 1. The number of carbonyl (C=O) groups excluding carboxylic acids is 1. The maximum Gasteiger partial charge on any atom is 0.270 e. The second kappa shape index (κ2) is 7.22. The number of amides is 1. The number of benzene rings is 2. The average molecular weight is 364 g/mol. The zero-order valence-electron chi connectivity index (χ0n) is 13.9. The number of hydrogen-bond acceptors (Lipinski definition) is 4. The quantitative estimate of drug-likeness (QED) is 0.562. The Kier molecular flexibility index (Phi) is 5.03. The van der Waals surface area contributed by atoms with Crippen LogP contribution in [0, 0.1) is 11.3 Å². The van der Waals surface area contributed by atoms with E-state index in [0.717, 1.165) is 11.3 Å². The number of hydrogen-bond donors (Lipinski definition) is 0. The highest BCUT2D eigenvalue weighted by molar-refractivity contribution is 8.27. The Balaban J connectivity index is 1.86. The van der Waals surface area contributed by atoms with E-state index in [0.29, 0.717) is 20.7 Å². The van der Waals surface area contributed by atoms with Crippen LogP contribution in [-0.4, -0.2) is 10.2 Å². The summed E-state index contributed by atoms with van der Waals surface area (Å²) >= 11 is 6.70. The first-order valence-corrected chi connectivity index (χ1v) is 9.10. The zero-order chi connectivity index (χ0) is 18.0. The number of anilines is 1. The molecule has 5 heteroatoms. The lowest BCUT2D eigenvalue weighted by Gasteiger charge is -2.15. The number of carbonyl (C=O) groups is 1. The van der Waals surface area contributed by atoms with Crippen molar-refractivity contribution in [3.8, 4) is 6.07 Å². The molecule has 1 aliphatic heterocycles. The third-order valence-corrected chi connectivity index (χ3v) is 5.25. The largest absolute Gasteiger partial charge is 0.270 e. The Hall–Kier alpha value is -2.42. The molecule has 0 N–H and O–H groups in total. The first-order chi connectivity index (χ1) is 12.0. The van der Waals surface area contributed by atoms with Crippen molar-refractivity contribution < 1.29 is 4.79 Å². The minimum atomic E-state index is -0.114. The summed E-state index contributed by atoms with van der Waals surface area (Å²) in [6.45, 7) is 4.27. The number of nitrogens with zero attached hydrogens (tertiary/aromatic N) is 2. The molecular formula is C20H16N2OS2. The summed E-state index contributed by atoms with van der Waals surface area (Å²) in [5.41, 5.74) is 3.47. The van der Waals surface area contributed by atoms with Gasteiger partial charge in [0.1, 0.15) is 0 Å². The highest BCUT2D eigenvalue weighted by atomic mass is 32.2. The molecule has 0 aromatic heterocycles. The third kappa shape index (κ3) is 3.65. The van der Waals surface area contributed by atoms with E-state index in [2.05, 4.69) is 19.9 Å². The summed E-state index contributed by atoms with van der Waals surface area (Å²) in [7, 11) is 0. The average Bonchev–Trinajstić information content (AvgIpc) is 2.89. The molecule has 2 aromatic carbocycles. The van der Waals surface area contributed by atoms with E-state index in [9.17, 15) is 4.79 Å². The van der Waals surface area contributed by atoms with Gasteiger partial charge in [-0.2, -0.15) is 5.26 Å². The van der Waals surface area contributed by atoms with Crippen LogP contribution in [0.25, 0.3) is 6.08 Å². The molecule has 1 fully saturated rings. The van der Waals surface area contributed by atoms with Crippen LogP contribution in [0.1, 0.15) is 36.5 Å². The molecule has 1 amide bonds. The van der Waals surface area contributed by atoms with Gasteiger partial charge < -0.3 is 0 Å². The van der Waals surface area contributed by atoms with Crippen LogP contribution >= 0.6 is 24.0 Å². The predicted molar refractivity (Wildman–Crippen MR) is 107 cm³/mol. The summed E-state index contributed by atoms with van der Waals surface area (Å²) in [6, 6.07) is 17.1. The number of nitriles is 1. The number of rotatable bonds is 3. The monoisotopic (exact) mass is 364 g/mol. The molecule has 2 aromatic rings. The van der Waals surface area contributed by atoms with Crippen molar-refractivity contribution in [2.45, 2.75) is 19.8 Å². The van der Waals surface area contributed by atoms with Crippen LogP contribution in [0.15, 0.2) is 53.4 Å². The van der Waals surface area contributed by atoms with Crippen LogP contribution in [0.3, 0.4) is 0 Å². The Labute approximate surface area is 157 Å². The smallest absolute Gasteiger partial charge is 0.268 e. The van der Waals surface area contributed by atoms with Crippen molar-refractivity contribution in [3.63, 3.8) is 0 Å². The van der Waals surface area contributed by atoms with Gasteiger partial charge in [-0.05, 0) is 47.4 Å². The van der Waals surface area contributed by atoms with Gasteiger partial charge in [0.05, 0.1) is 22.2 Å². The Bertz CT molecular complexity index is 891. The topological polar surface area (TPSA) is 44.1 Å². The second-order valence-electron chi connectivity index (χ2n) is 6.00. The molecule has 0 spiro atoms. The molecule has 0 bridgehead atoms.